The first-order valence-electron chi connectivity index (χ1n) is 7.33. The number of pyridine rings is 1. The molecule has 0 radical (unpaired) electrons. The molecule has 1 aromatic rings. The molecular weight excluding hydrogens is 256 g/mol. The number of carbonyl (C=O) groups excluding carboxylic acids is 1. The molecule has 0 aromatic carbocycles. The van der Waals surface area contributed by atoms with Crippen LogP contribution in [0.2, 0.25) is 0 Å². The molecule has 0 bridgehead atoms. The highest BCUT2D eigenvalue weighted by atomic mass is 16.5. The van der Waals surface area contributed by atoms with Gasteiger partial charge in [-0.1, -0.05) is 0 Å². The van der Waals surface area contributed by atoms with Crippen LogP contribution in [0.5, 0.6) is 5.88 Å². The van der Waals surface area contributed by atoms with E-state index in [0.29, 0.717) is 18.1 Å². The van der Waals surface area contributed by atoms with Crippen molar-refractivity contribution >= 4 is 5.91 Å². The predicted octanol–water partition coefficient (Wildman–Crippen LogP) is 1.88. The van der Waals surface area contributed by atoms with Crippen LogP contribution in [-0.4, -0.2) is 48.2 Å². The van der Waals surface area contributed by atoms with Crippen molar-refractivity contribution in [3.63, 3.8) is 0 Å². The third-order valence-corrected chi connectivity index (χ3v) is 3.82. The van der Waals surface area contributed by atoms with Crippen LogP contribution < -0.4 is 4.74 Å². The van der Waals surface area contributed by atoms with Gasteiger partial charge in [-0.25, -0.2) is 4.98 Å². The zero-order chi connectivity index (χ0) is 13.8. The molecule has 2 aliphatic heterocycles. The number of hydrogen-bond donors (Lipinski definition) is 0. The molecule has 1 atom stereocenters. The molecule has 3 rings (SSSR count). The summed E-state index contributed by atoms with van der Waals surface area (Å²) in [6.07, 6.45) is 6.13. The molecule has 0 saturated carbocycles. The first-order chi connectivity index (χ1) is 9.83. The molecule has 0 N–H and O–H groups in total. The molecule has 1 aromatic heterocycles. The highest BCUT2D eigenvalue weighted by molar-refractivity contribution is 5.94. The van der Waals surface area contributed by atoms with Crippen molar-refractivity contribution in [3.8, 4) is 5.88 Å². The second kappa shape index (κ2) is 6.22. The lowest BCUT2D eigenvalue weighted by atomic mass is 10.2. The number of ether oxygens (including phenoxy) is 2. The fourth-order valence-electron chi connectivity index (χ4n) is 2.65. The van der Waals surface area contributed by atoms with Crippen molar-refractivity contribution in [1.29, 1.82) is 0 Å². The zero-order valence-electron chi connectivity index (χ0n) is 11.6. The summed E-state index contributed by atoms with van der Waals surface area (Å²) in [7, 11) is 0. The van der Waals surface area contributed by atoms with Gasteiger partial charge in [-0.2, -0.15) is 0 Å². The van der Waals surface area contributed by atoms with Crippen LogP contribution in [0.1, 0.15) is 36.0 Å². The molecule has 1 unspecified atom stereocenters. The van der Waals surface area contributed by atoms with E-state index in [9.17, 15) is 4.79 Å². The monoisotopic (exact) mass is 276 g/mol. The van der Waals surface area contributed by atoms with Gasteiger partial charge in [0.25, 0.3) is 5.91 Å². The average Bonchev–Trinajstić information content (AvgIpc) is 3.18. The highest BCUT2D eigenvalue weighted by Gasteiger charge is 2.20. The number of aromatic nitrogens is 1. The number of amides is 1. The van der Waals surface area contributed by atoms with E-state index < -0.39 is 0 Å². The Morgan fingerprint density at radius 3 is 2.85 bits per heavy atom. The Bertz CT molecular complexity index is 449. The maximum absolute atomic E-state index is 12.2. The van der Waals surface area contributed by atoms with Crippen molar-refractivity contribution in [2.24, 2.45) is 0 Å². The van der Waals surface area contributed by atoms with E-state index in [0.717, 1.165) is 45.4 Å². The van der Waals surface area contributed by atoms with E-state index in [1.807, 2.05) is 4.90 Å². The SMILES string of the molecule is O=C(c1ccc(OCC2CCCO2)nc1)N1CCCC1. The topological polar surface area (TPSA) is 51.7 Å². The summed E-state index contributed by atoms with van der Waals surface area (Å²) in [4.78, 5) is 18.2. The average molecular weight is 276 g/mol. The Balaban J connectivity index is 1.54. The van der Waals surface area contributed by atoms with Crippen LogP contribution in [0.25, 0.3) is 0 Å². The van der Waals surface area contributed by atoms with Gasteiger partial charge in [-0.05, 0) is 31.7 Å². The molecule has 20 heavy (non-hydrogen) atoms. The number of rotatable bonds is 4. The van der Waals surface area contributed by atoms with Crippen molar-refractivity contribution in [2.75, 3.05) is 26.3 Å². The minimum atomic E-state index is 0.0701. The van der Waals surface area contributed by atoms with Gasteiger partial charge in [-0.15, -0.1) is 0 Å². The Kier molecular flexibility index (Phi) is 4.16. The molecule has 2 aliphatic rings. The van der Waals surface area contributed by atoms with Crippen LogP contribution in [-0.2, 0) is 4.74 Å². The van der Waals surface area contributed by atoms with E-state index in [1.54, 1.807) is 18.3 Å². The molecule has 2 fully saturated rings. The third kappa shape index (κ3) is 3.10. The summed E-state index contributed by atoms with van der Waals surface area (Å²) in [5.41, 5.74) is 0.636. The van der Waals surface area contributed by atoms with Crippen LogP contribution in [0.15, 0.2) is 18.3 Å². The highest BCUT2D eigenvalue weighted by Crippen LogP contribution is 2.16. The van der Waals surface area contributed by atoms with Gasteiger partial charge in [0.2, 0.25) is 5.88 Å². The van der Waals surface area contributed by atoms with Gasteiger partial charge in [0, 0.05) is 32.0 Å². The van der Waals surface area contributed by atoms with E-state index in [4.69, 9.17) is 9.47 Å². The quantitative estimate of drug-likeness (QED) is 0.842. The summed E-state index contributed by atoms with van der Waals surface area (Å²) < 4.78 is 11.1. The maximum Gasteiger partial charge on any atom is 0.255 e. The lowest BCUT2D eigenvalue weighted by Gasteiger charge is -2.15. The molecule has 5 nitrogen and oxygen atoms in total. The van der Waals surface area contributed by atoms with Gasteiger partial charge >= 0.3 is 0 Å². The summed E-state index contributed by atoms with van der Waals surface area (Å²) in [5, 5.41) is 0. The number of carbonyl (C=O) groups is 1. The normalized spacial score (nSPS) is 22.2. The lowest BCUT2D eigenvalue weighted by molar-refractivity contribution is 0.0662. The Hall–Kier alpha value is -1.62. The molecule has 3 heterocycles. The van der Waals surface area contributed by atoms with Crippen molar-refractivity contribution in [2.45, 2.75) is 31.8 Å². The molecule has 108 valence electrons. The van der Waals surface area contributed by atoms with Crippen LogP contribution in [0, 0.1) is 0 Å². The number of nitrogens with zero attached hydrogens (tertiary/aromatic N) is 2. The Labute approximate surface area is 118 Å². The fourth-order valence-corrected chi connectivity index (χ4v) is 2.65. The lowest BCUT2D eigenvalue weighted by Crippen LogP contribution is -2.27. The Morgan fingerprint density at radius 2 is 2.20 bits per heavy atom. The largest absolute Gasteiger partial charge is 0.475 e. The number of likely N-dealkylation sites (tertiary alicyclic amines) is 1. The predicted molar refractivity (Wildman–Crippen MR) is 73.8 cm³/mol. The summed E-state index contributed by atoms with van der Waals surface area (Å²) >= 11 is 0. The van der Waals surface area contributed by atoms with Crippen LogP contribution >= 0.6 is 0 Å². The summed E-state index contributed by atoms with van der Waals surface area (Å²) in [6.45, 7) is 3.07. The zero-order valence-corrected chi connectivity index (χ0v) is 11.6. The molecule has 0 spiro atoms. The summed E-state index contributed by atoms with van der Waals surface area (Å²) in [5.74, 6) is 0.624. The van der Waals surface area contributed by atoms with Gasteiger partial charge in [0.15, 0.2) is 0 Å². The molecule has 0 aliphatic carbocycles. The van der Waals surface area contributed by atoms with E-state index >= 15 is 0 Å². The first kappa shape index (κ1) is 13.4. The summed E-state index contributed by atoms with van der Waals surface area (Å²) in [6, 6.07) is 3.55. The van der Waals surface area contributed by atoms with Crippen LogP contribution in [0.4, 0.5) is 0 Å². The third-order valence-electron chi connectivity index (χ3n) is 3.82. The van der Waals surface area contributed by atoms with Crippen molar-refractivity contribution in [3.05, 3.63) is 23.9 Å². The maximum atomic E-state index is 12.2. The smallest absolute Gasteiger partial charge is 0.255 e. The molecule has 1 amide bonds. The number of hydrogen-bond acceptors (Lipinski definition) is 4. The van der Waals surface area contributed by atoms with E-state index in [-0.39, 0.29) is 12.0 Å². The molecule has 2 saturated heterocycles. The molecule has 5 heteroatoms. The van der Waals surface area contributed by atoms with Gasteiger partial charge in [0.05, 0.1) is 11.7 Å². The molecular formula is C15H20N2O3. The Morgan fingerprint density at radius 1 is 1.35 bits per heavy atom. The van der Waals surface area contributed by atoms with Gasteiger partial charge in [0.1, 0.15) is 6.61 Å². The van der Waals surface area contributed by atoms with E-state index in [1.165, 1.54) is 0 Å². The van der Waals surface area contributed by atoms with Crippen molar-refractivity contribution in [1.82, 2.24) is 9.88 Å². The minimum absolute atomic E-state index is 0.0701. The second-order valence-electron chi connectivity index (χ2n) is 5.33. The van der Waals surface area contributed by atoms with Gasteiger partial charge in [-0.3, -0.25) is 4.79 Å². The van der Waals surface area contributed by atoms with E-state index in [2.05, 4.69) is 4.98 Å². The second-order valence-corrected chi connectivity index (χ2v) is 5.33. The van der Waals surface area contributed by atoms with Gasteiger partial charge < -0.3 is 14.4 Å². The van der Waals surface area contributed by atoms with Crippen LogP contribution in [0.3, 0.4) is 0 Å². The van der Waals surface area contributed by atoms with Crippen molar-refractivity contribution < 1.29 is 14.3 Å². The standard InChI is InChI=1S/C15H20N2O3/c18-15(17-7-1-2-8-17)12-5-6-14(16-10-12)20-11-13-4-3-9-19-13/h5-6,10,13H,1-4,7-9,11H2. The minimum Gasteiger partial charge on any atom is -0.475 e. The fraction of sp³-hybridized carbons (Fsp3) is 0.600. The first-order valence-corrected chi connectivity index (χ1v) is 7.33.